The first kappa shape index (κ1) is 21.6. The van der Waals surface area contributed by atoms with E-state index in [4.69, 9.17) is 4.74 Å². The van der Waals surface area contributed by atoms with Crippen LogP contribution in [0.3, 0.4) is 0 Å². The summed E-state index contributed by atoms with van der Waals surface area (Å²) in [6.07, 6.45) is 2.93. The van der Waals surface area contributed by atoms with Gasteiger partial charge in [-0.05, 0) is 63.8 Å². The summed E-state index contributed by atoms with van der Waals surface area (Å²) in [7, 11) is 0. The van der Waals surface area contributed by atoms with Crippen LogP contribution >= 0.6 is 11.3 Å². The van der Waals surface area contributed by atoms with Crippen molar-refractivity contribution in [1.82, 2.24) is 15.1 Å². The minimum atomic E-state index is -0.582. The molecule has 0 saturated carbocycles. The van der Waals surface area contributed by atoms with Crippen LogP contribution in [0.15, 0.2) is 17.5 Å². The summed E-state index contributed by atoms with van der Waals surface area (Å²) in [5.74, 6) is 0.172. The number of thiophene rings is 1. The van der Waals surface area contributed by atoms with Gasteiger partial charge in [-0.1, -0.05) is 6.07 Å². The lowest BCUT2D eigenvalue weighted by Crippen LogP contribution is -2.49. The summed E-state index contributed by atoms with van der Waals surface area (Å²) in [6, 6.07) is 3.26. The van der Waals surface area contributed by atoms with Crippen molar-refractivity contribution >= 4 is 29.2 Å². The number of nitrogens with one attached hydrogen (secondary N) is 1. The van der Waals surface area contributed by atoms with Gasteiger partial charge < -0.3 is 15.0 Å². The number of piperidine rings is 1. The van der Waals surface area contributed by atoms with Crippen LogP contribution in [0.25, 0.3) is 0 Å². The lowest BCUT2D eigenvalue weighted by molar-refractivity contribution is -0.125. The molecular weight excluding hydrogens is 390 g/mol. The van der Waals surface area contributed by atoms with Crippen molar-refractivity contribution in [3.63, 3.8) is 0 Å². The van der Waals surface area contributed by atoms with Gasteiger partial charge in [-0.25, -0.2) is 4.79 Å². The molecule has 160 valence electrons. The standard InChI is InChI=1S/C21H31N3O4S/c1-21(2,3)28-20(27)24-11-5-8-16(24)18(25)22-13-15-7-4-10-23(14-15)19(26)17-9-6-12-29-17/h6,9,12,15-16H,4-5,7-8,10-11,13-14H2,1-3H3,(H,22,25)/t15-,16+/m0/s1. The fraction of sp³-hybridized carbons (Fsp3) is 0.667. The predicted octanol–water partition coefficient (Wildman–Crippen LogP) is 3.12. The Hall–Kier alpha value is -2.09. The summed E-state index contributed by atoms with van der Waals surface area (Å²) in [4.78, 5) is 41.9. The van der Waals surface area contributed by atoms with Crippen LogP contribution < -0.4 is 5.32 Å². The molecule has 2 aliphatic heterocycles. The first-order chi connectivity index (χ1) is 13.7. The lowest BCUT2D eigenvalue weighted by Gasteiger charge is -2.33. The van der Waals surface area contributed by atoms with E-state index < -0.39 is 17.7 Å². The normalized spacial score (nSPS) is 22.4. The molecule has 2 saturated heterocycles. The number of nitrogens with zero attached hydrogens (tertiary/aromatic N) is 2. The largest absolute Gasteiger partial charge is 0.444 e. The van der Waals surface area contributed by atoms with E-state index >= 15 is 0 Å². The highest BCUT2D eigenvalue weighted by Gasteiger charge is 2.37. The Balaban J connectivity index is 1.50. The Morgan fingerprint density at radius 1 is 1.21 bits per heavy atom. The first-order valence-corrected chi connectivity index (χ1v) is 11.2. The van der Waals surface area contributed by atoms with E-state index in [1.165, 1.54) is 16.2 Å². The van der Waals surface area contributed by atoms with Crippen molar-refractivity contribution in [3.8, 4) is 0 Å². The van der Waals surface area contributed by atoms with Crippen molar-refractivity contribution < 1.29 is 19.1 Å². The third-order valence-corrected chi connectivity index (χ3v) is 6.14. The van der Waals surface area contributed by atoms with Gasteiger partial charge in [0.2, 0.25) is 5.91 Å². The van der Waals surface area contributed by atoms with Crippen LogP contribution in [0, 0.1) is 5.92 Å². The average Bonchev–Trinajstić information content (AvgIpc) is 3.36. The Morgan fingerprint density at radius 3 is 2.66 bits per heavy atom. The van der Waals surface area contributed by atoms with Crippen LogP contribution in [0.1, 0.15) is 56.1 Å². The van der Waals surface area contributed by atoms with Gasteiger partial charge in [0.05, 0.1) is 4.88 Å². The third-order valence-electron chi connectivity index (χ3n) is 5.29. The average molecular weight is 422 g/mol. The molecule has 0 bridgehead atoms. The van der Waals surface area contributed by atoms with Crippen LogP contribution in [-0.2, 0) is 9.53 Å². The molecule has 7 nitrogen and oxygen atoms in total. The van der Waals surface area contributed by atoms with E-state index in [9.17, 15) is 14.4 Å². The van der Waals surface area contributed by atoms with Crippen molar-refractivity contribution in [2.24, 2.45) is 5.92 Å². The number of hydrogen-bond acceptors (Lipinski definition) is 5. The molecular formula is C21H31N3O4S. The highest BCUT2D eigenvalue weighted by Crippen LogP contribution is 2.22. The molecule has 2 aliphatic rings. The molecule has 3 amide bonds. The fourth-order valence-electron chi connectivity index (χ4n) is 3.91. The topological polar surface area (TPSA) is 79.0 Å². The van der Waals surface area contributed by atoms with E-state index in [2.05, 4.69) is 5.32 Å². The van der Waals surface area contributed by atoms with Crippen molar-refractivity contribution in [3.05, 3.63) is 22.4 Å². The molecule has 3 rings (SSSR count). The van der Waals surface area contributed by atoms with Crippen molar-refractivity contribution in [2.45, 2.75) is 58.1 Å². The fourth-order valence-corrected chi connectivity index (χ4v) is 4.60. The summed E-state index contributed by atoms with van der Waals surface area (Å²) < 4.78 is 5.44. The quantitative estimate of drug-likeness (QED) is 0.810. The number of likely N-dealkylation sites (tertiary alicyclic amines) is 2. The predicted molar refractivity (Wildman–Crippen MR) is 112 cm³/mol. The summed E-state index contributed by atoms with van der Waals surface area (Å²) in [6.45, 7) is 7.94. The van der Waals surface area contributed by atoms with Crippen LogP contribution in [0.4, 0.5) is 4.79 Å². The Labute approximate surface area is 176 Å². The minimum Gasteiger partial charge on any atom is -0.444 e. The minimum absolute atomic E-state index is 0.0721. The van der Waals surface area contributed by atoms with Gasteiger partial charge in [0.25, 0.3) is 5.91 Å². The monoisotopic (exact) mass is 421 g/mol. The van der Waals surface area contributed by atoms with E-state index in [0.29, 0.717) is 26.1 Å². The molecule has 8 heteroatoms. The Morgan fingerprint density at radius 2 is 1.97 bits per heavy atom. The summed E-state index contributed by atoms with van der Waals surface area (Å²) >= 11 is 1.46. The van der Waals surface area contributed by atoms with E-state index in [1.807, 2.05) is 43.2 Å². The SMILES string of the molecule is CC(C)(C)OC(=O)N1CCC[C@@H]1C(=O)NC[C@@H]1CCCN(C(=O)c2cccs2)C1. The second-order valence-electron chi connectivity index (χ2n) is 8.81. The summed E-state index contributed by atoms with van der Waals surface area (Å²) in [5.41, 5.74) is -0.582. The van der Waals surface area contributed by atoms with Crippen molar-refractivity contribution in [1.29, 1.82) is 0 Å². The molecule has 0 aliphatic carbocycles. The number of rotatable bonds is 4. The zero-order valence-corrected chi connectivity index (χ0v) is 18.3. The van der Waals surface area contributed by atoms with Gasteiger partial charge in [-0.2, -0.15) is 0 Å². The van der Waals surface area contributed by atoms with Gasteiger partial charge in [0.1, 0.15) is 11.6 Å². The van der Waals surface area contributed by atoms with Crippen LogP contribution in [-0.4, -0.2) is 65.5 Å². The molecule has 29 heavy (non-hydrogen) atoms. The number of amides is 3. The molecule has 2 fully saturated rings. The number of carbonyl (C=O) groups is 3. The number of carbonyl (C=O) groups excluding carboxylic acids is 3. The van der Waals surface area contributed by atoms with E-state index in [1.54, 1.807) is 0 Å². The molecule has 1 aromatic heterocycles. The van der Waals surface area contributed by atoms with Gasteiger partial charge in [0.15, 0.2) is 0 Å². The van der Waals surface area contributed by atoms with Crippen molar-refractivity contribution in [2.75, 3.05) is 26.2 Å². The first-order valence-electron chi connectivity index (χ1n) is 10.3. The molecule has 3 heterocycles. The van der Waals surface area contributed by atoms with Gasteiger partial charge in [0, 0.05) is 26.2 Å². The molecule has 0 unspecified atom stereocenters. The second kappa shape index (κ2) is 9.15. The Kier molecular flexibility index (Phi) is 6.82. The zero-order valence-electron chi connectivity index (χ0n) is 17.5. The van der Waals surface area contributed by atoms with E-state index in [0.717, 1.165) is 30.7 Å². The maximum Gasteiger partial charge on any atom is 0.410 e. The molecule has 2 atom stereocenters. The molecule has 0 spiro atoms. The Bertz CT molecular complexity index is 729. The third kappa shape index (κ3) is 5.72. The maximum atomic E-state index is 12.7. The second-order valence-corrected chi connectivity index (χ2v) is 9.76. The van der Waals surface area contributed by atoms with Gasteiger partial charge >= 0.3 is 6.09 Å². The molecule has 0 radical (unpaired) electrons. The molecule has 0 aromatic carbocycles. The maximum absolute atomic E-state index is 12.7. The number of ether oxygens (including phenoxy) is 1. The zero-order chi connectivity index (χ0) is 21.0. The smallest absolute Gasteiger partial charge is 0.410 e. The molecule has 1 N–H and O–H groups in total. The van der Waals surface area contributed by atoms with Gasteiger partial charge in [-0.15, -0.1) is 11.3 Å². The highest BCUT2D eigenvalue weighted by atomic mass is 32.1. The highest BCUT2D eigenvalue weighted by molar-refractivity contribution is 7.12. The van der Waals surface area contributed by atoms with Crippen LogP contribution in [0.5, 0.6) is 0 Å². The lowest BCUT2D eigenvalue weighted by atomic mass is 9.97. The van der Waals surface area contributed by atoms with Crippen LogP contribution in [0.2, 0.25) is 0 Å². The number of hydrogen-bond donors (Lipinski definition) is 1. The van der Waals surface area contributed by atoms with Gasteiger partial charge in [-0.3, -0.25) is 14.5 Å². The molecule has 1 aromatic rings. The summed E-state index contributed by atoms with van der Waals surface area (Å²) in [5, 5.41) is 4.92. The van der Waals surface area contributed by atoms with E-state index in [-0.39, 0.29) is 17.7 Å².